The van der Waals surface area contributed by atoms with Crippen LogP contribution in [0.4, 0.5) is 25.0 Å². The second kappa shape index (κ2) is 11.1. The average molecular weight is 478 g/mol. The first kappa shape index (κ1) is 25.2. The third kappa shape index (κ3) is 5.92. The number of ether oxygens (including phenoxy) is 2. The quantitative estimate of drug-likeness (QED) is 0.521. The monoisotopic (exact) mass is 477 g/mol. The number of nitrogens with zero attached hydrogens (tertiary/aromatic N) is 2. The van der Waals surface area contributed by atoms with Crippen molar-refractivity contribution in [1.82, 2.24) is 4.98 Å². The number of hydrogen-bond donors (Lipinski definition) is 2. The van der Waals surface area contributed by atoms with Crippen molar-refractivity contribution >= 4 is 23.4 Å². The summed E-state index contributed by atoms with van der Waals surface area (Å²) < 4.78 is 35.4. The fourth-order valence-electron chi connectivity index (χ4n) is 4.23. The van der Waals surface area contributed by atoms with Gasteiger partial charge in [-0.1, -0.05) is 32.0 Å². The first-order valence-electron chi connectivity index (χ1n) is 11.1. The lowest BCUT2D eigenvalue weighted by Gasteiger charge is -2.37. The minimum atomic E-state index is -3.14. The molecule has 0 aliphatic heterocycles. The number of hydrogen-bond acceptors (Lipinski definition) is 5. The van der Waals surface area contributed by atoms with Gasteiger partial charge in [-0.25, -0.2) is 4.79 Å². The number of aliphatic carboxylic acids is 1. The lowest BCUT2D eigenvalue weighted by molar-refractivity contribution is -0.142. The Hall–Kier alpha value is -3.43. The maximum Gasteiger partial charge on any atom is 0.388 e. The molecule has 184 valence electrons. The predicted octanol–water partition coefficient (Wildman–Crippen LogP) is 5.50. The number of benzene rings is 1. The van der Waals surface area contributed by atoms with Gasteiger partial charge < -0.3 is 19.9 Å². The maximum absolute atomic E-state index is 13.6. The Morgan fingerprint density at radius 3 is 2.38 bits per heavy atom. The molecule has 1 heterocycles. The minimum absolute atomic E-state index is 0.0302. The number of methoxy groups -OCH3 is 1. The lowest BCUT2D eigenvalue weighted by Crippen LogP contribution is -2.46. The van der Waals surface area contributed by atoms with Crippen molar-refractivity contribution in [2.24, 2.45) is 5.92 Å². The highest BCUT2D eigenvalue weighted by Gasteiger charge is 2.34. The second-order valence-corrected chi connectivity index (χ2v) is 8.44. The van der Waals surface area contributed by atoms with E-state index in [4.69, 9.17) is 4.74 Å². The van der Waals surface area contributed by atoms with E-state index < -0.39 is 30.4 Å². The number of amides is 2. The Bertz CT molecular complexity index is 1010. The van der Waals surface area contributed by atoms with Gasteiger partial charge in [0.25, 0.3) is 0 Å². The molecule has 0 unspecified atom stereocenters. The summed E-state index contributed by atoms with van der Waals surface area (Å²) in [5, 5.41) is 12.0. The minimum Gasteiger partial charge on any atom is -0.481 e. The molecule has 2 amide bonds. The molecule has 1 aliphatic rings. The van der Waals surface area contributed by atoms with Gasteiger partial charge in [-0.3, -0.25) is 9.69 Å². The van der Waals surface area contributed by atoms with Gasteiger partial charge in [-0.15, -0.1) is 0 Å². The molecule has 0 saturated heterocycles. The SMILES string of the molecule is COc1ccc(NC(=O)N(c2ccccc2C(C)C)C2CCC(C(=O)O)CC2)c(OC(F)F)n1. The highest BCUT2D eigenvalue weighted by atomic mass is 19.3. The molecule has 0 radical (unpaired) electrons. The maximum atomic E-state index is 13.6. The number of halogens is 2. The molecule has 2 N–H and O–H groups in total. The zero-order valence-electron chi connectivity index (χ0n) is 19.3. The van der Waals surface area contributed by atoms with Crippen molar-refractivity contribution in [3.05, 3.63) is 42.0 Å². The van der Waals surface area contributed by atoms with Crippen molar-refractivity contribution in [3.63, 3.8) is 0 Å². The molecule has 8 nitrogen and oxygen atoms in total. The molecular formula is C24H29F2N3O5. The van der Waals surface area contributed by atoms with E-state index in [-0.39, 0.29) is 23.5 Å². The van der Waals surface area contributed by atoms with E-state index in [2.05, 4.69) is 15.0 Å². The molecule has 10 heteroatoms. The molecule has 1 fully saturated rings. The van der Waals surface area contributed by atoms with Crippen LogP contribution in [-0.2, 0) is 4.79 Å². The molecule has 0 spiro atoms. The first-order valence-corrected chi connectivity index (χ1v) is 11.1. The van der Waals surface area contributed by atoms with Gasteiger partial charge in [0.05, 0.1) is 13.0 Å². The summed E-state index contributed by atoms with van der Waals surface area (Å²) >= 11 is 0. The smallest absolute Gasteiger partial charge is 0.388 e. The Kier molecular flexibility index (Phi) is 8.25. The van der Waals surface area contributed by atoms with Crippen molar-refractivity contribution < 1.29 is 33.0 Å². The standard InChI is InChI=1S/C24H29F2N3O5/c1-14(2)17-6-4-5-7-19(17)29(16-10-8-15(9-11-16)22(30)31)24(32)27-18-12-13-20(33-3)28-21(18)34-23(25)26/h4-7,12-16,23H,8-11H2,1-3H3,(H,27,32)(H,30,31). The molecule has 1 saturated carbocycles. The Morgan fingerprint density at radius 2 is 1.79 bits per heavy atom. The van der Waals surface area contributed by atoms with Crippen LogP contribution in [-0.4, -0.2) is 41.9 Å². The third-order valence-corrected chi connectivity index (χ3v) is 5.93. The summed E-state index contributed by atoms with van der Waals surface area (Å²) in [6.45, 7) is 0.885. The van der Waals surface area contributed by atoms with E-state index in [0.29, 0.717) is 31.4 Å². The molecular weight excluding hydrogens is 448 g/mol. The van der Waals surface area contributed by atoms with E-state index in [1.807, 2.05) is 38.1 Å². The van der Waals surface area contributed by atoms with Gasteiger partial charge in [-0.05, 0) is 49.3 Å². The van der Waals surface area contributed by atoms with Crippen molar-refractivity contribution in [3.8, 4) is 11.8 Å². The number of para-hydroxylation sites is 1. The zero-order valence-corrected chi connectivity index (χ0v) is 19.3. The summed E-state index contributed by atoms with van der Waals surface area (Å²) in [5.41, 5.74) is 1.60. The number of urea groups is 1. The van der Waals surface area contributed by atoms with Crippen molar-refractivity contribution in [2.75, 3.05) is 17.3 Å². The van der Waals surface area contributed by atoms with Crippen LogP contribution in [0.3, 0.4) is 0 Å². The number of alkyl halides is 2. The Labute approximate surface area is 196 Å². The number of carbonyl (C=O) groups excluding carboxylic acids is 1. The number of carboxylic acids is 1. The number of carboxylic acid groups (broad SMARTS) is 1. The molecule has 1 aromatic carbocycles. The highest BCUT2D eigenvalue weighted by Crippen LogP contribution is 2.36. The van der Waals surface area contributed by atoms with Crippen LogP contribution in [0, 0.1) is 5.92 Å². The number of nitrogens with one attached hydrogen (secondary N) is 1. The van der Waals surface area contributed by atoms with Crippen LogP contribution in [0.1, 0.15) is 51.0 Å². The highest BCUT2D eigenvalue weighted by molar-refractivity contribution is 6.03. The fourth-order valence-corrected chi connectivity index (χ4v) is 4.23. The van der Waals surface area contributed by atoms with E-state index >= 15 is 0 Å². The number of carbonyl (C=O) groups is 2. The van der Waals surface area contributed by atoms with Gasteiger partial charge >= 0.3 is 18.6 Å². The van der Waals surface area contributed by atoms with Gasteiger partial charge in [-0.2, -0.15) is 13.8 Å². The van der Waals surface area contributed by atoms with Gasteiger partial charge in [0.2, 0.25) is 11.8 Å². The van der Waals surface area contributed by atoms with Gasteiger partial charge in [0.1, 0.15) is 5.69 Å². The van der Waals surface area contributed by atoms with E-state index in [1.54, 1.807) is 4.90 Å². The summed E-state index contributed by atoms with van der Waals surface area (Å²) in [6.07, 6.45) is 1.88. The van der Waals surface area contributed by atoms with Crippen LogP contribution < -0.4 is 19.7 Å². The van der Waals surface area contributed by atoms with Crippen molar-refractivity contribution in [1.29, 1.82) is 0 Å². The van der Waals surface area contributed by atoms with E-state index in [9.17, 15) is 23.5 Å². The normalized spacial score (nSPS) is 18.0. The fraction of sp³-hybridized carbons (Fsp3) is 0.458. The number of anilines is 2. The van der Waals surface area contributed by atoms with Crippen LogP contribution in [0.15, 0.2) is 36.4 Å². The van der Waals surface area contributed by atoms with Crippen LogP contribution in [0.5, 0.6) is 11.8 Å². The Morgan fingerprint density at radius 1 is 1.12 bits per heavy atom. The molecule has 2 aromatic rings. The molecule has 3 rings (SSSR count). The number of rotatable bonds is 8. The molecule has 0 bridgehead atoms. The predicted molar refractivity (Wildman–Crippen MR) is 123 cm³/mol. The zero-order chi connectivity index (χ0) is 24.8. The first-order chi connectivity index (χ1) is 16.2. The van der Waals surface area contributed by atoms with Crippen molar-refractivity contribution in [2.45, 2.75) is 58.1 Å². The molecule has 0 atom stereocenters. The second-order valence-electron chi connectivity index (χ2n) is 8.44. The molecule has 1 aliphatic carbocycles. The van der Waals surface area contributed by atoms with Crippen LogP contribution in [0.2, 0.25) is 0 Å². The van der Waals surface area contributed by atoms with E-state index in [0.717, 1.165) is 5.56 Å². The molecule has 34 heavy (non-hydrogen) atoms. The summed E-state index contributed by atoms with van der Waals surface area (Å²) in [7, 11) is 1.34. The molecule has 1 aromatic heterocycles. The summed E-state index contributed by atoms with van der Waals surface area (Å²) in [6, 6.07) is 9.49. The average Bonchev–Trinajstić information content (AvgIpc) is 2.80. The van der Waals surface area contributed by atoms with Gasteiger partial charge in [0.15, 0.2) is 0 Å². The lowest BCUT2D eigenvalue weighted by atomic mass is 9.85. The number of aromatic nitrogens is 1. The van der Waals surface area contributed by atoms with Gasteiger partial charge in [0, 0.05) is 17.8 Å². The van der Waals surface area contributed by atoms with Crippen LogP contribution >= 0.6 is 0 Å². The van der Waals surface area contributed by atoms with E-state index in [1.165, 1.54) is 19.2 Å². The Balaban J connectivity index is 1.96. The van der Waals surface area contributed by atoms with Crippen LogP contribution in [0.25, 0.3) is 0 Å². The number of pyridine rings is 1. The summed E-state index contributed by atoms with van der Waals surface area (Å²) in [5.74, 6) is -1.58. The summed E-state index contributed by atoms with van der Waals surface area (Å²) in [4.78, 5) is 30.5. The third-order valence-electron chi connectivity index (χ3n) is 5.93. The topological polar surface area (TPSA) is 101 Å². The largest absolute Gasteiger partial charge is 0.481 e.